The summed E-state index contributed by atoms with van der Waals surface area (Å²) in [6.07, 6.45) is 70.7. The molecule has 0 amide bonds. The number of rotatable bonds is 52. The molecule has 0 aliphatic rings. The summed E-state index contributed by atoms with van der Waals surface area (Å²) in [6, 6.07) is 0. The first-order valence-corrected chi connectivity index (χ1v) is 30.4. The summed E-state index contributed by atoms with van der Waals surface area (Å²) in [6.45, 7) is 15.3. The maximum Gasteiger partial charge on any atom is 0.262 e. The van der Waals surface area contributed by atoms with Gasteiger partial charge in [-0.1, -0.05) is 285 Å². The maximum atomic E-state index is 8.77. The van der Waals surface area contributed by atoms with Crippen molar-refractivity contribution in [3.63, 3.8) is 0 Å². The van der Waals surface area contributed by atoms with E-state index in [1.165, 1.54) is 339 Å². The van der Waals surface area contributed by atoms with E-state index in [1.807, 2.05) is 0 Å². The van der Waals surface area contributed by atoms with Crippen LogP contribution in [0.4, 0.5) is 0 Å². The number of phosphoric acid groups is 1. The van der Waals surface area contributed by atoms with Gasteiger partial charge in [-0.3, -0.25) is 4.57 Å². The average molecular weight is 901 g/mol. The second kappa shape index (κ2) is 53.7. The van der Waals surface area contributed by atoms with Crippen molar-refractivity contribution >= 4 is 7.82 Å². The fourth-order valence-electron chi connectivity index (χ4n) is 9.82. The molecule has 5 nitrogen and oxygen atoms in total. The zero-order chi connectivity index (χ0) is 45.8. The molecule has 0 aromatic rings. The molecular weight excluding hydrogens is 782 g/mol. The van der Waals surface area contributed by atoms with Crippen molar-refractivity contribution < 1.29 is 23.7 Å². The van der Waals surface area contributed by atoms with E-state index < -0.39 is 7.82 Å². The predicted molar refractivity (Wildman–Crippen MR) is 276 cm³/mol. The molecular formula is C56H118NO4P. The van der Waals surface area contributed by atoms with Crippen LogP contribution in [0.2, 0.25) is 0 Å². The molecule has 0 heterocycles. The van der Waals surface area contributed by atoms with Crippen molar-refractivity contribution in [3.8, 4) is 0 Å². The van der Waals surface area contributed by atoms with Gasteiger partial charge in [0.1, 0.15) is 0 Å². The standard InChI is InChI=1S/C56H116N.H3O4P/c1-5-9-13-17-21-25-29-33-37-41-45-49-53-57(54-50-46-42-38-34-30-26-22-18-14-10-6-2,55-51-47-43-39-35-31-27-23-19-15-11-7-3)56-52-48-44-40-36-32-28-24-20-16-12-8-4;1-5(2,3)4/h5-56H2,1-4H3;(H3,1,2,3,4)/q+1;/p-1. The van der Waals surface area contributed by atoms with Gasteiger partial charge in [0.2, 0.25) is 0 Å². The van der Waals surface area contributed by atoms with Crippen LogP contribution in [0.1, 0.15) is 336 Å². The van der Waals surface area contributed by atoms with Gasteiger partial charge in [0.05, 0.1) is 26.2 Å². The Morgan fingerprint density at radius 2 is 0.355 bits per heavy atom. The third-order valence-corrected chi connectivity index (χ3v) is 13.9. The van der Waals surface area contributed by atoms with E-state index in [4.69, 9.17) is 19.2 Å². The summed E-state index contributed by atoms with van der Waals surface area (Å²) < 4.78 is 10.3. The highest BCUT2D eigenvalue weighted by Crippen LogP contribution is 2.23. The Labute approximate surface area is 392 Å². The molecule has 0 radical (unpaired) electrons. The highest BCUT2D eigenvalue weighted by atomic mass is 31.2. The summed E-state index contributed by atoms with van der Waals surface area (Å²) in [7, 11) is -4.89. The summed E-state index contributed by atoms with van der Waals surface area (Å²) in [4.78, 5) is 22.9. The fraction of sp³-hybridized carbons (Fsp3) is 1.00. The summed E-state index contributed by atoms with van der Waals surface area (Å²) >= 11 is 0. The Morgan fingerprint density at radius 1 is 0.258 bits per heavy atom. The van der Waals surface area contributed by atoms with Crippen molar-refractivity contribution in [3.05, 3.63) is 0 Å². The Kier molecular flexibility index (Phi) is 55.5. The third-order valence-electron chi connectivity index (χ3n) is 13.9. The van der Waals surface area contributed by atoms with E-state index >= 15 is 0 Å². The van der Waals surface area contributed by atoms with Gasteiger partial charge in [0, 0.05) is 0 Å². The molecule has 0 unspecified atom stereocenters. The van der Waals surface area contributed by atoms with Crippen LogP contribution in [0.25, 0.3) is 0 Å². The van der Waals surface area contributed by atoms with Gasteiger partial charge >= 0.3 is 0 Å². The van der Waals surface area contributed by atoms with E-state index in [0.29, 0.717) is 0 Å². The molecule has 376 valence electrons. The second-order valence-corrected chi connectivity index (χ2v) is 21.3. The molecule has 0 rings (SSSR count). The molecule has 62 heavy (non-hydrogen) atoms. The smallest absolute Gasteiger partial charge is 0.262 e. The lowest BCUT2D eigenvalue weighted by Gasteiger charge is -2.40. The lowest BCUT2D eigenvalue weighted by molar-refractivity contribution is -0.929. The van der Waals surface area contributed by atoms with Crippen LogP contribution in [-0.2, 0) is 4.57 Å². The van der Waals surface area contributed by atoms with Crippen molar-refractivity contribution in [1.82, 2.24) is 0 Å². The maximum absolute atomic E-state index is 8.77. The number of hydrogen-bond acceptors (Lipinski definition) is 2. The van der Waals surface area contributed by atoms with Gasteiger partial charge in [0.15, 0.2) is 0 Å². The minimum Gasteiger partial charge on any atom is -0.756 e. The third kappa shape index (κ3) is 58.1. The lowest BCUT2D eigenvalue weighted by atomic mass is 10.0. The molecule has 0 saturated carbocycles. The van der Waals surface area contributed by atoms with E-state index in [0.717, 1.165) is 0 Å². The van der Waals surface area contributed by atoms with Crippen LogP contribution in [0.3, 0.4) is 0 Å². The zero-order valence-corrected chi connectivity index (χ0v) is 44.3. The van der Waals surface area contributed by atoms with Crippen LogP contribution in [0.5, 0.6) is 0 Å². The van der Waals surface area contributed by atoms with Crippen LogP contribution in [0, 0.1) is 0 Å². The van der Waals surface area contributed by atoms with Gasteiger partial charge in [0.25, 0.3) is 7.82 Å². The Bertz CT molecular complexity index is 724. The van der Waals surface area contributed by atoms with E-state index in [9.17, 15) is 0 Å². The van der Waals surface area contributed by atoms with Gasteiger partial charge in [-0.05, 0) is 51.4 Å². The summed E-state index contributed by atoms with van der Waals surface area (Å²) in [5.74, 6) is 0. The van der Waals surface area contributed by atoms with Gasteiger partial charge in [-0.15, -0.1) is 0 Å². The van der Waals surface area contributed by atoms with E-state index in [2.05, 4.69) is 27.7 Å². The second-order valence-electron chi connectivity index (χ2n) is 20.3. The van der Waals surface area contributed by atoms with Crippen molar-refractivity contribution in [2.45, 2.75) is 336 Å². The molecule has 0 atom stereocenters. The van der Waals surface area contributed by atoms with Gasteiger partial charge in [-0.2, -0.15) is 0 Å². The Hall–Kier alpha value is 0.0700. The first kappa shape index (κ1) is 64.2. The molecule has 6 heteroatoms. The normalized spacial score (nSPS) is 12.0. The molecule has 2 N–H and O–H groups in total. The monoisotopic (exact) mass is 900 g/mol. The molecule has 0 aliphatic carbocycles. The first-order valence-electron chi connectivity index (χ1n) is 28.9. The number of unbranched alkanes of at least 4 members (excludes halogenated alkanes) is 44. The topological polar surface area (TPSA) is 80.6 Å². The van der Waals surface area contributed by atoms with Crippen LogP contribution in [0.15, 0.2) is 0 Å². The van der Waals surface area contributed by atoms with Gasteiger partial charge in [-0.25, -0.2) is 0 Å². The predicted octanol–water partition coefficient (Wildman–Crippen LogP) is 19.0. The van der Waals surface area contributed by atoms with E-state index in [-0.39, 0.29) is 0 Å². The van der Waals surface area contributed by atoms with Crippen LogP contribution < -0.4 is 4.89 Å². The largest absolute Gasteiger partial charge is 0.756 e. The van der Waals surface area contributed by atoms with Gasteiger partial charge < -0.3 is 19.2 Å². The van der Waals surface area contributed by atoms with E-state index in [1.54, 1.807) is 0 Å². The number of hydrogen-bond donors (Lipinski definition) is 2. The van der Waals surface area contributed by atoms with Crippen LogP contribution >= 0.6 is 7.82 Å². The molecule has 0 fully saturated rings. The fourth-order valence-corrected chi connectivity index (χ4v) is 9.82. The Morgan fingerprint density at radius 3 is 0.468 bits per heavy atom. The van der Waals surface area contributed by atoms with Crippen molar-refractivity contribution in [1.29, 1.82) is 0 Å². The number of nitrogens with zero attached hydrogens (tertiary/aromatic N) is 1. The SMILES string of the molecule is CCCCCCCCCCCCCC[N+](CCCCCCCCCCCCCC)(CCCCCCCCCCCCCC)CCCCCCCCCCCCCC.O=P([O-])(O)O. The molecule has 0 aromatic heterocycles. The molecule has 0 saturated heterocycles. The minimum atomic E-state index is -4.89. The molecule has 0 bridgehead atoms. The Balaban J connectivity index is 0. The van der Waals surface area contributed by atoms with Crippen LogP contribution in [-0.4, -0.2) is 40.4 Å². The molecule has 0 aromatic carbocycles. The summed E-state index contributed by atoms with van der Waals surface area (Å²) in [5.41, 5.74) is 0. The highest BCUT2D eigenvalue weighted by molar-refractivity contribution is 7.43. The first-order chi connectivity index (χ1) is 30.2. The quantitative estimate of drug-likeness (QED) is 0.0362. The lowest BCUT2D eigenvalue weighted by Crippen LogP contribution is -2.50. The highest BCUT2D eigenvalue weighted by Gasteiger charge is 2.25. The van der Waals surface area contributed by atoms with Crippen molar-refractivity contribution in [2.24, 2.45) is 0 Å². The average Bonchev–Trinajstić information content (AvgIpc) is 3.24. The summed E-state index contributed by atoms with van der Waals surface area (Å²) in [5, 5.41) is 0. The minimum absolute atomic E-state index is 1.37. The molecule has 0 spiro atoms. The zero-order valence-electron chi connectivity index (χ0n) is 43.4. The number of quaternary nitrogens is 1. The van der Waals surface area contributed by atoms with Crippen molar-refractivity contribution in [2.75, 3.05) is 26.2 Å². The molecule has 0 aliphatic heterocycles.